The monoisotopic (exact) mass is 1550 g/mol. The van der Waals surface area contributed by atoms with Crippen LogP contribution in [0.3, 0.4) is 0 Å². The van der Waals surface area contributed by atoms with Gasteiger partial charge in [0.05, 0.1) is 58.1 Å². The average Bonchev–Trinajstić information content (AvgIpc) is 1.68. The Labute approximate surface area is 587 Å². The number of hydrogen-bond acceptors (Lipinski definition) is 41. The van der Waals surface area contributed by atoms with Gasteiger partial charge in [-0.05, 0) is 24.1 Å². The highest BCUT2D eigenvalue weighted by Crippen LogP contribution is 2.56. The number of ether oxygens (including phenoxy) is 10. The van der Waals surface area contributed by atoms with Gasteiger partial charge in [0.25, 0.3) is 0 Å². The average molecular weight is 1560 g/mol. The Hall–Kier alpha value is -3.69. The molecule has 590 valence electrons. The van der Waals surface area contributed by atoms with E-state index in [1.165, 1.54) is 24.3 Å². The van der Waals surface area contributed by atoms with E-state index >= 15 is 0 Å². The first kappa shape index (κ1) is 84.9. The molecule has 7 aliphatic rings. The van der Waals surface area contributed by atoms with Crippen LogP contribution in [0.15, 0.2) is 24.3 Å². The number of thiol groups is 1. The van der Waals surface area contributed by atoms with Gasteiger partial charge in [0.15, 0.2) is 31.5 Å². The topological polar surface area (TPSA) is 750 Å². The summed E-state index contributed by atoms with van der Waals surface area (Å²) in [4.78, 5) is 72.1. The first-order valence-electron chi connectivity index (χ1n) is 31.7. The molecule has 103 heavy (non-hydrogen) atoms. The summed E-state index contributed by atoms with van der Waals surface area (Å²) >= 11 is 4.08. The SMILES string of the molecule is NC(=O)C[C@H](NC(=O)[C@H](CS)NC(=O)[C@@H](N)Cc1ccc(O)cc1)C(=O)NCCOP(=O)(O)OC[C@H]1O[C@H](O[C@@H]2[C@@H](OC[C@H]3O[C@H](O[C@H]4[C@H](O)[C@@H](N)[C@H](O[C@@H]5[C@@H](O)[C@H](O)[C@@H](O)[C@H]6OP(=O)(O)O[C@H]65)O[C@@H]4CO)[C@@H](O)[C@@H](O)[C@@H]3O)O[C@H](CO)[C@@H](O)[C@@H]2O)[C@@H](O[C@H]2O[C@H](CO)[C@@H](O)[C@H](O)[C@@H]2O)[C@@H](O)[C@@H]1O. The number of amides is 4. The highest BCUT2D eigenvalue weighted by molar-refractivity contribution is 7.80. The van der Waals surface area contributed by atoms with Crippen LogP contribution in [0.1, 0.15) is 12.0 Å². The molecule has 0 bridgehead atoms. The summed E-state index contributed by atoms with van der Waals surface area (Å²) in [6, 6.07) is -0.386. The lowest BCUT2D eigenvalue weighted by atomic mass is 9.84. The van der Waals surface area contributed by atoms with E-state index in [1.54, 1.807) is 0 Å². The van der Waals surface area contributed by atoms with Gasteiger partial charge in [0.1, 0.15) is 170 Å². The lowest BCUT2D eigenvalue weighted by molar-refractivity contribution is -0.396. The first-order valence-corrected chi connectivity index (χ1v) is 35.3. The maximum atomic E-state index is 13.3. The van der Waals surface area contributed by atoms with Crippen molar-refractivity contribution in [3.05, 3.63) is 29.8 Å². The molecule has 8 rings (SSSR count). The van der Waals surface area contributed by atoms with Gasteiger partial charge in [-0.1, -0.05) is 12.1 Å². The third kappa shape index (κ3) is 20.4. The van der Waals surface area contributed by atoms with Crippen molar-refractivity contribution in [2.45, 2.75) is 221 Å². The predicted octanol–water partition coefficient (Wildman–Crippen LogP) is -15.3. The summed E-state index contributed by atoms with van der Waals surface area (Å²) in [5.74, 6) is -4.42. The van der Waals surface area contributed by atoms with E-state index in [4.69, 9.17) is 82.7 Å². The number of carbonyl (C=O) groups excluding carboxylic acids is 4. The van der Waals surface area contributed by atoms with E-state index < -0.39 is 300 Å². The molecule has 1 aromatic rings. The molecule has 2 unspecified atom stereocenters. The highest BCUT2D eigenvalue weighted by Gasteiger charge is 2.62. The number of primary amides is 1. The standard InChI is InChI=1S/C54H88N6O40P2S/c55-17(7-15-1-3-16(64)4-2-15)47(80)60-19(14-103)49(82)59-18(8-25(56)65)48(81)58-5-6-88-101(83,84)89-13-24-30(69)36(75)45(97-51-39(78)32(71)27(66)20(9-61)90-51)54(94-24)98-44-35(74)28(67)21(10-62)91-53(44)87-12-23-29(68)33(72)40(79)52(93-23)95-41-22(11-63)92-50(26(57)31(41)70)96-42-37(76)34(73)38(77)43-46(42)100-102(85,86)99-43/h1-4,17-24,26-46,50-54,61-64,66-79,103H,5-14,55,57H2,(H2,56,65)(H,58,81)(H,59,82)(H,60,80)(H,83,84)(H,85,86)/t17-,18-,19-,20+,21+,22+,23+,24+,26+,27+,28+,29+,30+,31+,32-,33-,34-,35-,36-,37-,38+,39-,40-,41+,42+,43+,44-,45-,46-,50-,51+,52+,53-,54+/m0/s1. The number of nitrogens with two attached hydrogens (primary N) is 3. The minimum absolute atomic E-state index is 0.0185. The second-order valence-electron chi connectivity index (χ2n) is 24.9. The van der Waals surface area contributed by atoms with Gasteiger partial charge in [0.2, 0.25) is 23.6 Å². The van der Waals surface area contributed by atoms with Crippen molar-refractivity contribution in [3.63, 3.8) is 0 Å². The summed E-state index contributed by atoms with van der Waals surface area (Å²) in [5, 5.41) is 202. The number of rotatable bonds is 31. The molecule has 4 amide bonds. The van der Waals surface area contributed by atoms with E-state index in [0.717, 1.165) is 0 Å². The van der Waals surface area contributed by atoms with Crippen LogP contribution in [0.2, 0.25) is 0 Å². The van der Waals surface area contributed by atoms with E-state index in [2.05, 4.69) is 28.6 Å². The van der Waals surface area contributed by atoms with Gasteiger partial charge >= 0.3 is 15.6 Å². The second kappa shape index (κ2) is 36.7. The molecule has 0 radical (unpaired) electrons. The second-order valence-corrected chi connectivity index (χ2v) is 28.1. The lowest BCUT2D eigenvalue weighted by Gasteiger charge is -2.49. The third-order valence-corrected chi connectivity index (χ3v) is 20.0. The van der Waals surface area contributed by atoms with Gasteiger partial charge in [0, 0.05) is 12.3 Å². The molecule has 1 saturated carbocycles. The number of hydrogen-bond donors (Lipinski definition) is 27. The molecule has 0 aromatic heterocycles. The van der Waals surface area contributed by atoms with Gasteiger partial charge < -0.3 is 182 Å². The Morgan fingerprint density at radius 1 is 0.544 bits per heavy atom. The van der Waals surface area contributed by atoms with E-state index in [1.807, 2.05) is 0 Å². The molecule has 6 aliphatic heterocycles. The fourth-order valence-electron chi connectivity index (χ4n) is 11.9. The summed E-state index contributed by atoms with van der Waals surface area (Å²) in [6.07, 6.45) is -63.1. The quantitative estimate of drug-likeness (QED) is 0.0186. The van der Waals surface area contributed by atoms with Gasteiger partial charge in [-0.3, -0.25) is 37.3 Å². The molecule has 46 nitrogen and oxygen atoms in total. The van der Waals surface area contributed by atoms with Crippen LogP contribution in [0, 0.1) is 0 Å². The van der Waals surface area contributed by atoms with Crippen LogP contribution in [0.4, 0.5) is 0 Å². The molecule has 6 saturated heterocycles. The van der Waals surface area contributed by atoms with Crippen LogP contribution in [-0.2, 0) is 100 Å². The van der Waals surface area contributed by atoms with Crippen molar-refractivity contribution < 1.29 is 195 Å². The highest BCUT2D eigenvalue weighted by atomic mass is 32.1. The summed E-state index contributed by atoms with van der Waals surface area (Å²) in [5.41, 5.74) is 18.1. The number of aliphatic hydroxyl groups excluding tert-OH is 17. The molecule has 6 heterocycles. The molecule has 7 fully saturated rings. The Balaban J connectivity index is 0.925. The zero-order valence-electron chi connectivity index (χ0n) is 53.7. The zero-order chi connectivity index (χ0) is 76.0. The lowest BCUT2D eigenvalue weighted by Crippen LogP contribution is -2.69. The van der Waals surface area contributed by atoms with E-state index in [-0.39, 0.29) is 17.9 Å². The fraction of sp³-hybridized carbons (Fsp3) is 0.815. The number of fused-ring (bicyclic) bond motifs is 1. The Morgan fingerprint density at radius 3 is 1.60 bits per heavy atom. The van der Waals surface area contributed by atoms with Crippen LogP contribution >= 0.6 is 28.3 Å². The summed E-state index contributed by atoms with van der Waals surface area (Å²) < 4.78 is 103. The molecule has 49 heteroatoms. The molecular formula is C54H88N6O40P2S. The number of phosphoric acid groups is 2. The smallest absolute Gasteiger partial charge is 0.473 e. The van der Waals surface area contributed by atoms with Crippen molar-refractivity contribution in [1.29, 1.82) is 0 Å². The summed E-state index contributed by atoms with van der Waals surface area (Å²) in [6.45, 7) is -7.09. The largest absolute Gasteiger partial charge is 0.508 e. The molecule has 29 N–H and O–H groups in total. The van der Waals surface area contributed by atoms with Crippen LogP contribution in [0.5, 0.6) is 5.75 Å². The van der Waals surface area contributed by atoms with Crippen LogP contribution in [-0.4, -0.2) is 385 Å². The Bertz CT molecular complexity index is 3040. The number of aliphatic hydroxyl groups is 17. The van der Waals surface area contributed by atoms with E-state index in [9.17, 15) is 130 Å². The first-order chi connectivity index (χ1) is 48.4. The fourth-order valence-corrected chi connectivity index (χ4v) is 14.0. The molecule has 1 aliphatic carbocycles. The number of carbonyl (C=O) groups is 4. The number of phenols is 1. The third-order valence-electron chi connectivity index (χ3n) is 17.6. The number of phenolic OH excluding ortho intramolecular Hbond substituents is 1. The van der Waals surface area contributed by atoms with Gasteiger partial charge in [-0.2, -0.15) is 12.6 Å². The maximum absolute atomic E-state index is 13.3. The predicted molar refractivity (Wildman–Crippen MR) is 328 cm³/mol. The molecule has 36 atom stereocenters. The molecule has 0 spiro atoms. The van der Waals surface area contributed by atoms with Crippen molar-refractivity contribution in [3.8, 4) is 5.75 Å². The number of benzene rings is 1. The normalized spacial score (nSPS) is 42.9. The molecular weight excluding hydrogens is 1470 g/mol. The van der Waals surface area contributed by atoms with Crippen molar-refractivity contribution in [2.75, 3.05) is 51.9 Å². The Kier molecular flexibility index (Phi) is 30.2. The van der Waals surface area contributed by atoms with Crippen LogP contribution < -0.4 is 33.2 Å². The van der Waals surface area contributed by atoms with Crippen LogP contribution in [0.25, 0.3) is 0 Å². The zero-order valence-corrected chi connectivity index (χ0v) is 56.4. The summed E-state index contributed by atoms with van der Waals surface area (Å²) in [7, 11) is -10.3. The van der Waals surface area contributed by atoms with Gasteiger partial charge in [-0.15, -0.1) is 0 Å². The van der Waals surface area contributed by atoms with Gasteiger partial charge in [-0.25, -0.2) is 9.13 Å². The van der Waals surface area contributed by atoms with Crippen molar-refractivity contribution in [1.82, 2.24) is 16.0 Å². The number of aromatic hydroxyl groups is 1. The van der Waals surface area contributed by atoms with E-state index in [0.29, 0.717) is 5.56 Å². The molecule has 1 aromatic carbocycles. The van der Waals surface area contributed by atoms with Crippen molar-refractivity contribution in [2.24, 2.45) is 17.2 Å². The minimum Gasteiger partial charge on any atom is -0.508 e. The van der Waals surface area contributed by atoms with Crippen molar-refractivity contribution >= 4 is 51.9 Å². The Morgan fingerprint density at radius 2 is 1.01 bits per heavy atom. The minimum atomic E-state index is -5.38. The number of nitrogens with one attached hydrogen (secondary N) is 3. The maximum Gasteiger partial charge on any atom is 0.473 e. The number of phosphoric ester groups is 2.